The summed E-state index contributed by atoms with van der Waals surface area (Å²) in [6.07, 6.45) is 0. The van der Waals surface area contributed by atoms with Gasteiger partial charge < -0.3 is 0 Å². The lowest BCUT2D eigenvalue weighted by Crippen LogP contribution is -2.22. The predicted octanol–water partition coefficient (Wildman–Crippen LogP) is 2.40. The van der Waals surface area contributed by atoms with Gasteiger partial charge in [-0.25, -0.2) is 8.42 Å². The van der Waals surface area contributed by atoms with Gasteiger partial charge in [-0.2, -0.15) is 0 Å². The Hall–Kier alpha value is -1.34. The largest absolute Gasteiger partial charge is 0.282 e. The molecule has 0 aliphatic rings. The molecule has 17 heavy (non-hydrogen) atoms. The smallest absolute Gasteiger partial charge is 0.271 e. The molecule has 6 nitrogen and oxygen atoms in total. The highest BCUT2D eigenvalue weighted by molar-refractivity contribution is 7.93. The number of anilines is 1. The third-order valence-corrected chi connectivity index (χ3v) is 4.11. The maximum Gasteiger partial charge on any atom is 0.271 e. The highest BCUT2D eigenvalue weighted by atomic mass is 35.5. The van der Waals surface area contributed by atoms with E-state index in [1.54, 1.807) is 0 Å². The summed E-state index contributed by atoms with van der Waals surface area (Å²) >= 11 is 5.76. The summed E-state index contributed by atoms with van der Waals surface area (Å²) in [7, 11) is -3.57. The number of hydrogen-bond donors (Lipinski definition) is 1. The average molecular weight is 279 g/mol. The Morgan fingerprint density at radius 2 is 2.00 bits per heavy atom. The van der Waals surface area contributed by atoms with Crippen molar-refractivity contribution in [2.24, 2.45) is 0 Å². The Morgan fingerprint density at radius 3 is 2.47 bits per heavy atom. The first-order valence-corrected chi connectivity index (χ1v) is 6.62. The van der Waals surface area contributed by atoms with Crippen LogP contribution in [-0.4, -0.2) is 18.6 Å². The summed E-state index contributed by atoms with van der Waals surface area (Å²) in [6.45, 7) is 2.99. The Bertz CT molecular complexity index is 542. The minimum Gasteiger partial charge on any atom is -0.282 e. The van der Waals surface area contributed by atoms with Crippen molar-refractivity contribution in [3.63, 3.8) is 0 Å². The van der Waals surface area contributed by atoms with Crippen molar-refractivity contribution >= 4 is 33.0 Å². The van der Waals surface area contributed by atoms with Crippen LogP contribution in [0.15, 0.2) is 18.2 Å². The lowest BCUT2D eigenvalue weighted by molar-refractivity contribution is -0.384. The van der Waals surface area contributed by atoms with Gasteiger partial charge in [0.1, 0.15) is 0 Å². The third-order valence-electron chi connectivity index (χ3n) is 2.03. The summed E-state index contributed by atoms with van der Waals surface area (Å²) < 4.78 is 25.4. The van der Waals surface area contributed by atoms with E-state index in [4.69, 9.17) is 11.6 Å². The minimum absolute atomic E-state index is 0.00886. The molecule has 0 atom stereocenters. The molecule has 1 N–H and O–H groups in total. The SMILES string of the molecule is CC(C)S(=O)(=O)Nc1cc([N+](=O)[O-])ccc1Cl. The standard InChI is InChI=1S/C9H11ClN2O4S/c1-6(2)17(15,16)11-9-5-7(12(13)14)3-4-8(9)10/h3-6,11H,1-2H3. The number of hydrogen-bond acceptors (Lipinski definition) is 4. The van der Waals surface area contributed by atoms with Crippen LogP contribution in [0, 0.1) is 10.1 Å². The van der Waals surface area contributed by atoms with Gasteiger partial charge in [-0.1, -0.05) is 11.6 Å². The van der Waals surface area contributed by atoms with Gasteiger partial charge in [-0.15, -0.1) is 0 Å². The van der Waals surface area contributed by atoms with Gasteiger partial charge in [0, 0.05) is 12.1 Å². The molecule has 1 aromatic carbocycles. The number of halogens is 1. The first kappa shape index (κ1) is 13.7. The molecule has 0 heterocycles. The van der Waals surface area contributed by atoms with Gasteiger partial charge in [0.2, 0.25) is 10.0 Å². The van der Waals surface area contributed by atoms with Crippen LogP contribution in [0.3, 0.4) is 0 Å². The molecular formula is C9H11ClN2O4S. The number of nitrogens with zero attached hydrogens (tertiary/aromatic N) is 1. The molecular weight excluding hydrogens is 268 g/mol. The molecule has 1 rings (SSSR count). The fourth-order valence-electron chi connectivity index (χ4n) is 0.976. The zero-order valence-electron chi connectivity index (χ0n) is 9.18. The number of nitro groups is 1. The summed E-state index contributed by atoms with van der Waals surface area (Å²) in [5, 5.41) is 10.0. The van der Waals surface area contributed by atoms with E-state index >= 15 is 0 Å². The number of nitro benzene ring substituents is 1. The van der Waals surface area contributed by atoms with Gasteiger partial charge in [0.15, 0.2) is 0 Å². The third kappa shape index (κ3) is 3.31. The van der Waals surface area contributed by atoms with Crippen LogP contribution in [-0.2, 0) is 10.0 Å². The molecule has 94 valence electrons. The number of benzene rings is 1. The fraction of sp³-hybridized carbons (Fsp3) is 0.333. The lowest BCUT2D eigenvalue weighted by Gasteiger charge is -2.11. The van der Waals surface area contributed by atoms with Crippen molar-refractivity contribution in [2.45, 2.75) is 19.1 Å². The quantitative estimate of drug-likeness (QED) is 0.676. The van der Waals surface area contributed by atoms with Crippen LogP contribution in [0.4, 0.5) is 11.4 Å². The summed E-state index contributed by atoms with van der Waals surface area (Å²) in [5.41, 5.74) is -0.217. The number of rotatable bonds is 4. The highest BCUT2D eigenvalue weighted by Crippen LogP contribution is 2.27. The van der Waals surface area contributed by atoms with E-state index < -0.39 is 20.2 Å². The van der Waals surface area contributed by atoms with Gasteiger partial charge >= 0.3 is 0 Å². The van der Waals surface area contributed by atoms with Crippen molar-refractivity contribution in [3.8, 4) is 0 Å². The van der Waals surface area contributed by atoms with Gasteiger partial charge in [-0.05, 0) is 19.9 Å². The molecule has 0 amide bonds. The van der Waals surface area contributed by atoms with E-state index in [-0.39, 0.29) is 16.4 Å². The van der Waals surface area contributed by atoms with Crippen LogP contribution in [0.25, 0.3) is 0 Å². The van der Waals surface area contributed by atoms with Crippen LogP contribution in [0.5, 0.6) is 0 Å². The van der Waals surface area contributed by atoms with Gasteiger partial charge in [0.25, 0.3) is 5.69 Å². The van der Waals surface area contributed by atoms with Gasteiger partial charge in [-0.3, -0.25) is 14.8 Å². The second-order valence-corrected chi connectivity index (χ2v) is 6.26. The van der Waals surface area contributed by atoms with Crippen LogP contribution < -0.4 is 4.72 Å². The van der Waals surface area contributed by atoms with Crippen molar-refractivity contribution in [2.75, 3.05) is 4.72 Å². The first-order chi connectivity index (χ1) is 7.74. The second kappa shape index (κ2) is 4.89. The molecule has 0 saturated heterocycles. The molecule has 0 spiro atoms. The monoisotopic (exact) mass is 278 g/mol. The molecule has 0 aromatic heterocycles. The van der Waals surface area contributed by atoms with E-state index in [1.807, 2.05) is 0 Å². The Morgan fingerprint density at radius 1 is 1.41 bits per heavy atom. The van der Waals surface area contributed by atoms with Crippen molar-refractivity contribution in [1.29, 1.82) is 0 Å². The lowest BCUT2D eigenvalue weighted by atomic mass is 10.3. The molecule has 0 aliphatic carbocycles. The topological polar surface area (TPSA) is 89.3 Å². The Kier molecular flexibility index (Phi) is 3.94. The Balaban J connectivity index is 3.15. The first-order valence-electron chi connectivity index (χ1n) is 4.69. The number of nitrogens with one attached hydrogen (secondary N) is 1. The van der Waals surface area contributed by atoms with E-state index in [1.165, 1.54) is 26.0 Å². The molecule has 0 saturated carbocycles. The van der Waals surface area contributed by atoms with Crippen molar-refractivity contribution < 1.29 is 13.3 Å². The summed E-state index contributed by atoms with van der Waals surface area (Å²) in [4.78, 5) is 9.93. The van der Waals surface area contributed by atoms with E-state index in [0.29, 0.717) is 0 Å². The fourth-order valence-corrected chi connectivity index (χ4v) is 1.91. The minimum atomic E-state index is -3.57. The summed E-state index contributed by atoms with van der Waals surface area (Å²) in [5.74, 6) is 0. The maximum atomic E-state index is 11.6. The zero-order valence-corrected chi connectivity index (χ0v) is 10.7. The van der Waals surface area contributed by atoms with Crippen molar-refractivity contribution in [3.05, 3.63) is 33.3 Å². The Labute approximate surface area is 104 Å². The molecule has 1 aromatic rings. The number of non-ortho nitro benzene ring substituents is 1. The van der Waals surface area contributed by atoms with Crippen LogP contribution in [0.2, 0.25) is 5.02 Å². The highest BCUT2D eigenvalue weighted by Gasteiger charge is 2.18. The second-order valence-electron chi connectivity index (χ2n) is 3.62. The normalized spacial score (nSPS) is 11.5. The van der Waals surface area contributed by atoms with Crippen LogP contribution >= 0.6 is 11.6 Å². The van der Waals surface area contributed by atoms with E-state index in [2.05, 4.69) is 4.72 Å². The van der Waals surface area contributed by atoms with E-state index in [9.17, 15) is 18.5 Å². The number of sulfonamides is 1. The van der Waals surface area contributed by atoms with Gasteiger partial charge in [0.05, 0.1) is 20.9 Å². The maximum absolute atomic E-state index is 11.6. The zero-order chi connectivity index (χ0) is 13.2. The predicted molar refractivity (Wildman–Crippen MR) is 65.8 cm³/mol. The molecule has 0 bridgehead atoms. The molecule has 0 radical (unpaired) electrons. The molecule has 0 unspecified atom stereocenters. The van der Waals surface area contributed by atoms with E-state index in [0.717, 1.165) is 6.07 Å². The van der Waals surface area contributed by atoms with Crippen molar-refractivity contribution in [1.82, 2.24) is 0 Å². The molecule has 0 fully saturated rings. The molecule has 8 heteroatoms. The average Bonchev–Trinajstić information content (AvgIpc) is 2.20. The summed E-state index contributed by atoms with van der Waals surface area (Å²) in [6, 6.07) is 3.57. The van der Waals surface area contributed by atoms with Crippen LogP contribution in [0.1, 0.15) is 13.8 Å². The molecule has 0 aliphatic heterocycles.